The second-order valence-electron chi connectivity index (χ2n) is 5.74. The lowest BCUT2D eigenvalue weighted by atomic mass is 10.1. The summed E-state index contributed by atoms with van der Waals surface area (Å²) in [5.74, 6) is 0.105. The van der Waals surface area contributed by atoms with Crippen molar-refractivity contribution in [3.05, 3.63) is 28.2 Å². The Hall–Kier alpha value is -1.11. The molecule has 0 radical (unpaired) electrons. The third-order valence-corrected chi connectivity index (χ3v) is 4.72. The molecular formula is C16H22BrN3O2. The molecule has 0 saturated carbocycles. The maximum Gasteiger partial charge on any atom is 0.237 e. The van der Waals surface area contributed by atoms with E-state index in [1.54, 1.807) is 0 Å². The summed E-state index contributed by atoms with van der Waals surface area (Å²) in [7, 11) is 0. The smallest absolute Gasteiger partial charge is 0.237 e. The third kappa shape index (κ3) is 3.80. The van der Waals surface area contributed by atoms with Crippen molar-refractivity contribution in [2.75, 3.05) is 37.7 Å². The molecule has 1 atom stereocenters. The van der Waals surface area contributed by atoms with E-state index in [2.05, 4.69) is 43.6 Å². The maximum absolute atomic E-state index is 12.2. The Balaban J connectivity index is 1.68. The minimum Gasteiger partial charge on any atom is -0.378 e. The number of hydrogen-bond donors (Lipinski definition) is 2. The maximum atomic E-state index is 12.2. The van der Waals surface area contributed by atoms with Gasteiger partial charge in [-0.2, -0.15) is 0 Å². The van der Waals surface area contributed by atoms with Gasteiger partial charge < -0.3 is 20.3 Å². The normalized spacial score (nSPS) is 21.9. The molecule has 120 valence electrons. The Morgan fingerprint density at radius 3 is 2.95 bits per heavy atom. The number of carbonyl (C=O) groups is 1. The van der Waals surface area contributed by atoms with Crippen molar-refractivity contribution in [2.45, 2.75) is 25.4 Å². The number of halogens is 1. The Morgan fingerprint density at radius 2 is 2.23 bits per heavy atom. The van der Waals surface area contributed by atoms with E-state index in [4.69, 9.17) is 4.74 Å². The topological polar surface area (TPSA) is 53.6 Å². The van der Waals surface area contributed by atoms with Gasteiger partial charge in [-0.15, -0.1) is 0 Å². The number of ether oxygens (including phenoxy) is 1. The lowest BCUT2D eigenvalue weighted by molar-refractivity contribution is -0.122. The van der Waals surface area contributed by atoms with Gasteiger partial charge in [0.15, 0.2) is 0 Å². The minimum absolute atomic E-state index is 0.0257. The summed E-state index contributed by atoms with van der Waals surface area (Å²) < 4.78 is 6.48. The molecule has 6 heteroatoms. The van der Waals surface area contributed by atoms with E-state index in [-0.39, 0.29) is 11.9 Å². The van der Waals surface area contributed by atoms with E-state index in [0.717, 1.165) is 55.7 Å². The summed E-state index contributed by atoms with van der Waals surface area (Å²) >= 11 is 3.54. The molecule has 2 heterocycles. The number of benzene rings is 1. The first-order valence-corrected chi connectivity index (χ1v) is 8.65. The van der Waals surface area contributed by atoms with Gasteiger partial charge in [0.2, 0.25) is 5.91 Å². The summed E-state index contributed by atoms with van der Waals surface area (Å²) in [6, 6.07) is 6.21. The molecule has 0 aromatic heterocycles. The molecule has 1 aromatic rings. The zero-order chi connectivity index (χ0) is 15.4. The van der Waals surface area contributed by atoms with Crippen molar-refractivity contribution in [1.82, 2.24) is 10.6 Å². The van der Waals surface area contributed by atoms with Crippen LogP contribution in [-0.2, 0) is 16.1 Å². The summed E-state index contributed by atoms with van der Waals surface area (Å²) in [5.41, 5.74) is 2.33. The first-order valence-electron chi connectivity index (χ1n) is 7.86. The molecule has 2 aliphatic rings. The van der Waals surface area contributed by atoms with E-state index in [1.165, 1.54) is 5.69 Å². The van der Waals surface area contributed by atoms with Crippen molar-refractivity contribution in [1.29, 1.82) is 0 Å². The molecule has 0 aliphatic carbocycles. The largest absolute Gasteiger partial charge is 0.378 e. The van der Waals surface area contributed by atoms with Crippen LogP contribution in [0.2, 0.25) is 0 Å². The minimum atomic E-state index is -0.0257. The number of hydrogen-bond acceptors (Lipinski definition) is 4. The number of nitrogens with one attached hydrogen (secondary N) is 2. The first kappa shape index (κ1) is 15.8. The van der Waals surface area contributed by atoms with Crippen LogP contribution in [0.5, 0.6) is 0 Å². The standard InChI is InChI=1S/C16H22BrN3O2/c17-13-4-3-12(11-19-16(21)14-2-1-5-18-14)15(10-13)20-6-8-22-9-7-20/h3-4,10,14,18H,1-2,5-9,11H2,(H,19,21). The second-order valence-corrected chi connectivity index (χ2v) is 6.65. The quantitative estimate of drug-likeness (QED) is 0.849. The molecule has 3 rings (SSSR count). The van der Waals surface area contributed by atoms with Gasteiger partial charge in [0.25, 0.3) is 0 Å². The molecule has 2 aliphatic heterocycles. The number of nitrogens with zero attached hydrogens (tertiary/aromatic N) is 1. The molecule has 1 unspecified atom stereocenters. The average molecular weight is 368 g/mol. The van der Waals surface area contributed by atoms with E-state index in [1.807, 2.05) is 6.07 Å². The summed E-state index contributed by atoms with van der Waals surface area (Å²) in [6.07, 6.45) is 2.01. The van der Waals surface area contributed by atoms with Gasteiger partial charge in [-0.1, -0.05) is 22.0 Å². The highest BCUT2D eigenvalue weighted by Gasteiger charge is 2.22. The molecule has 5 nitrogen and oxygen atoms in total. The number of carbonyl (C=O) groups excluding carboxylic acids is 1. The van der Waals surface area contributed by atoms with Crippen LogP contribution >= 0.6 is 15.9 Å². The van der Waals surface area contributed by atoms with Crippen LogP contribution in [0.1, 0.15) is 18.4 Å². The third-order valence-electron chi connectivity index (χ3n) is 4.23. The molecule has 2 saturated heterocycles. The van der Waals surface area contributed by atoms with Crippen LogP contribution in [0, 0.1) is 0 Å². The SMILES string of the molecule is O=C(NCc1ccc(Br)cc1N1CCOCC1)C1CCCN1. The Labute approximate surface area is 139 Å². The van der Waals surface area contributed by atoms with E-state index in [9.17, 15) is 4.79 Å². The highest BCUT2D eigenvalue weighted by Crippen LogP contribution is 2.26. The molecular weight excluding hydrogens is 346 g/mol. The molecule has 2 N–H and O–H groups in total. The lowest BCUT2D eigenvalue weighted by Gasteiger charge is -2.31. The predicted molar refractivity (Wildman–Crippen MR) is 90.0 cm³/mol. The van der Waals surface area contributed by atoms with E-state index in [0.29, 0.717) is 6.54 Å². The number of amides is 1. The summed E-state index contributed by atoms with van der Waals surface area (Å²) in [5, 5.41) is 6.30. The monoisotopic (exact) mass is 367 g/mol. The number of anilines is 1. The van der Waals surface area contributed by atoms with Gasteiger partial charge in [-0.05, 0) is 37.1 Å². The molecule has 1 aromatic carbocycles. The Bertz CT molecular complexity index is 526. The van der Waals surface area contributed by atoms with Crippen LogP contribution in [0.3, 0.4) is 0 Å². The highest BCUT2D eigenvalue weighted by molar-refractivity contribution is 9.10. The van der Waals surface area contributed by atoms with E-state index >= 15 is 0 Å². The molecule has 22 heavy (non-hydrogen) atoms. The van der Waals surface area contributed by atoms with Gasteiger partial charge in [-0.3, -0.25) is 4.79 Å². The van der Waals surface area contributed by atoms with E-state index < -0.39 is 0 Å². The van der Waals surface area contributed by atoms with Crippen molar-refractivity contribution in [3.63, 3.8) is 0 Å². The zero-order valence-electron chi connectivity index (χ0n) is 12.6. The van der Waals surface area contributed by atoms with Crippen molar-refractivity contribution in [3.8, 4) is 0 Å². The van der Waals surface area contributed by atoms with Crippen molar-refractivity contribution < 1.29 is 9.53 Å². The van der Waals surface area contributed by atoms with Gasteiger partial charge in [0.05, 0.1) is 19.3 Å². The fourth-order valence-electron chi connectivity index (χ4n) is 3.00. The van der Waals surface area contributed by atoms with Gasteiger partial charge in [0, 0.05) is 29.8 Å². The fraction of sp³-hybridized carbons (Fsp3) is 0.562. The molecule has 0 bridgehead atoms. The highest BCUT2D eigenvalue weighted by atomic mass is 79.9. The van der Waals surface area contributed by atoms with Crippen LogP contribution in [0.25, 0.3) is 0 Å². The first-order chi connectivity index (χ1) is 10.7. The van der Waals surface area contributed by atoms with Gasteiger partial charge >= 0.3 is 0 Å². The van der Waals surface area contributed by atoms with Crippen LogP contribution in [0.4, 0.5) is 5.69 Å². The summed E-state index contributed by atoms with van der Waals surface area (Å²) in [4.78, 5) is 14.5. The number of rotatable bonds is 4. The second kappa shape index (κ2) is 7.44. The van der Waals surface area contributed by atoms with Crippen molar-refractivity contribution >= 4 is 27.5 Å². The Morgan fingerprint density at radius 1 is 1.41 bits per heavy atom. The van der Waals surface area contributed by atoms with Crippen LogP contribution in [0.15, 0.2) is 22.7 Å². The molecule has 1 amide bonds. The molecule has 0 spiro atoms. The van der Waals surface area contributed by atoms with Crippen LogP contribution < -0.4 is 15.5 Å². The zero-order valence-corrected chi connectivity index (χ0v) is 14.2. The lowest BCUT2D eigenvalue weighted by Crippen LogP contribution is -2.41. The molecule has 2 fully saturated rings. The van der Waals surface area contributed by atoms with Crippen LogP contribution in [-0.4, -0.2) is 44.8 Å². The fourth-order valence-corrected chi connectivity index (χ4v) is 3.35. The summed E-state index contributed by atoms with van der Waals surface area (Å²) in [6.45, 7) is 4.80. The van der Waals surface area contributed by atoms with Gasteiger partial charge in [-0.25, -0.2) is 0 Å². The predicted octanol–water partition coefficient (Wildman–Crippen LogP) is 1.65. The average Bonchev–Trinajstić information content (AvgIpc) is 3.09. The van der Waals surface area contributed by atoms with Crippen molar-refractivity contribution in [2.24, 2.45) is 0 Å². The van der Waals surface area contributed by atoms with Gasteiger partial charge in [0.1, 0.15) is 0 Å². The Kier molecular flexibility index (Phi) is 5.33. The number of morpholine rings is 1.